The zero-order valence-electron chi connectivity index (χ0n) is 34.1. The molecule has 0 aromatic carbocycles. The molecule has 0 spiro atoms. The molecule has 4 saturated heterocycles. The first-order valence-electron chi connectivity index (χ1n) is 20.1. The molecule has 2 aromatic heterocycles. The Morgan fingerprint density at radius 1 is 0.714 bits per heavy atom. The molecule has 18 nitrogen and oxygen atoms in total. The highest BCUT2D eigenvalue weighted by Crippen LogP contribution is 2.24. The molecule has 6 heterocycles. The van der Waals surface area contributed by atoms with Crippen molar-refractivity contribution in [3.8, 4) is 0 Å². The maximum atomic E-state index is 12.8. The largest absolute Gasteiger partial charge is 0.381 e. The zero-order valence-corrected chi connectivity index (χ0v) is 34.1. The third-order valence-corrected chi connectivity index (χ3v) is 10.8. The molecule has 2 aromatic rings. The summed E-state index contributed by atoms with van der Waals surface area (Å²) in [6.07, 6.45) is 4.45. The van der Waals surface area contributed by atoms with Crippen LogP contribution in [0.2, 0.25) is 0 Å². The summed E-state index contributed by atoms with van der Waals surface area (Å²) in [4.78, 5) is 61.5. The van der Waals surface area contributed by atoms with E-state index in [4.69, 9.17) is 18.5 Å². The number of nitrogens with one attached hydrogen (secondary N) is 2. The van der Waals surface area contributed by atoms with Gasteiger partial charge < -0.3 is 47.9 Å². The van der Waals surface area contributed by atoms with Gasteiger partial charge in [0.05, 0.1) is 30.7 Å². The van der Waals surface area contributed by atoms with Crippen LogP contribution in [0, 0.1) is 0 Å². The average Bonchev–Trinajstić information content (AvgIpc) is 3.72. The summed E-state index contributed by atoms with van der Waals surface area (Å²) in [7, 11) is 1.72. The number of carbonyl (C=O) groups excluding carboxylic acids is 4. The Morgan fingerprint density at radius 2 is 1.18 bits per heavy atom. The van der Waals surface area contributed by atoms with Gasteiger partial charge in [0.1, 0.15) is 0 Å². The molecule has 4 aliphatic rings. The highest BCUT2D eigenvalue weighted by Gasteiger charge is 2.30. The monoisotopic (exact) mass is 786 g/mol. The van der Waals surface area contributed by atoms with E-state index < -0.39 is 0 Å². The van der Waals surface area contributed by atoms with Gasteiger partial charge in [-0.05, 0) is 32.1 Å². The van der Waals surface area contributed by atoms with Crippen molar-refractivity contribution in [2.45, 2.75) is 84.2 Å². The van der Waals surface area contributed by atoms with Crippen LogP contribution >= 0.6 is 0 Å². The van der Waals surface area contributed by atoms with Gasteiger partial charge in [-0.1, -0.05) is 44.9 Å². The lowest BCUT2D eigenvalue weighted by atomic mass is 9.92. The number of nitrogens with zero attached hydrogens (tertiary/aromatic N) is 8. The minimum absolute atomic E-state index is 0.0361. The molecule has 6 rings (SSSR count). The molecule has 18 heteroatoms. The average molecular weight is 787 g/mol. The van der Waals surface area contributed by atoms with Crippen molar-refractivity contribution in [2.24, 2.45) is 0 Å². The Morgan fingerprint density at radius 3 is 1.68 bits per heavy atom. The van der Waals surface area contributed by atoms with E-state index in [1.54, 1.807) is 29.0 Å². The predicted molar refractivity (Wildman–Crippen MR) is 209 cm³/mol. The first kappa shape index (κ1) is 42.6. The number of aromatic nitrogens is 2. The highest BCUT2D eigenvalue weighted by atomic mass is 16.5. The van der Waals surface area contributed by atoms with Gasteiger partial charge in [-0.2, -0.15) is 0 Å². The molecule has 1 atom stereocenters. The van der Waals surface area contributed by atoms with E-state index in [1.165, 1.54) is 0 Å². The van der Waals surface area contributed by atoms with Crippen molar-refractivity contribution in [1.29, 1.82) is 0 Å². The van der Waals surface area contributed by atoms with Gasteiger partial charge in [-0.25, -0.2) is 19.2 Å². The highest BCUT2D eigenvalue weighted by molar-refractivity contribution is 5.88. The molecule has 0 radical (unpaired) electrons. The van der Waals surface area contributed by atoms with Crippen LogP contribution in [0.25, 0.3) is 0 Å². The Balaban J connectivity index is 0.000000215. The SMILES string of the molecule is CCC(C)c1cc(NC(=O)N2CCCN(C(=O)N3CCOCC3)CC2)on1.COC1CCN(C(=O)N2CCCN(C(=O)Nc3cc(C(C)(C)C)no3)CC2)CC1. The van der Waals surface area contributed by atoms with Crippen molar-refractivity contribution in [2.75, 3.05) is 109 Å². The number of piperidine rings is 1. The lowest BCUT2D eigenvalue weighted by Crippen LogP contribution is -2.49. The van der Waals surface area contributed by atoms with E-state index in [9.17, 15) is 19.2 Å². The minimum Gasteiger partial charge on any atom is -0.381 e. The molecule has 4 aliphatic heterocycles. The molecule has 1 unspecified atom stereocenters. The summed E-state index contributed by atoms with van der Waals surface area (Å²) in [6, 6.07) is 3.19. The van der Waals surface area contributed by atoms with Crippen molar-refractivity contribution in [3.05, 3.63) is 23.5 Å². The number of urea groups is 4. The molecular formula is C38H62N10O8. The Labute approximate surface area is 330 Å². The topological polar surface area (TPSA) is 182 Å². The standard InChI is InChI=1S/C20H33N5O4.C18H29N5O4/c1-20(2,3)16-14-17(29-22-16)21-18(26)23-8-5-9-24(13-12-23)19(27)25-10-6-15(28-4)7-11-25;1-3-14(2)15-13-16(27-20-15)19-17(24)21-5-4-6-22(8-7-21)18(25)23-9-11-26-12-10-23/h14-15H,5-13H2,1-4H3,(H,21,26);13-14H,3-12H2,1-2H3,(H,19,24). The van der Waals surface area contributed by atoms with Gasteiger partial charge in [0.25, 0.3) is 0 Å². The number of anilines is 2. The van der Waals surface area contributed by atoms with E-state index >= 15 is 0 Å². The first-order chi connectivity index (χ1) is 26.9. The van der Waals surface area contributed by atoms with Crippen molar-refractivity contribution in [3.63, 3.8) is 0 Å². The third kappa shape index (κ3) is 11.7. The second-order valence-electron chi connectivity index (χ2n) is 15.9. The summed E-state index contributed by atoms with van der Waals surface area (Å²) < 4.78 is 21.2. The van der Waals surface area contributed by atoms with Gasteiger partial charge >= 0.3 is 24.1 Å². The number of ether oxygens (including phenoxy) is 2. The van der Waals surface area contributed by atoms with E-state index in [-0.39, 0.29) is 41.6 Å². The summed E-state index contributed by atoms with van der Waals surface area (Å²) in [5.74, 6) is 0.997. The van der Waals surface area contributed by atoms with Crippen LogP contribution in [-0.2, 0) is 14.9 Å². The van der Waals surface area contributed by atoms with E-state index in [0.717, 1.165) is 56.6 Å². The van der Waals surface area contributed by atoms with E-state index in [2.05, 4.69) is 34.8 Å². The summed E-state index contributed by atoms with van der Waals surface area (Å²) >= 11 is 0. The summed E-state index contributed by atoms with van der Waals surface area (Å²) in [5.41, 5.74) is 1.48. The van der Waals surface area contributed by atoms with Gasteiger partial charge in [-0.3, -0.25) is 10.6 Å². The molecule has 0 aliphatic carbocycles. The van der Waals surface area contributed by atoms with Gasteiger partial charge in [0.2, 0.25) is 11.8 Å². The number of likely N-dealkylation sites (tertiary alicyclic amines) is 1. The van der Waals surface area contributed by atoms with Crippen LogP contribution < -0.4 is 10.6 Å². The zero-order chi connectivity index (χ0) is 40.2. The smallest absolute Gasteiger partial charge is 0.324 e. The molecular weight excluding hydrogens is 724 g/mol. The lowest BCUT2D eigenvalue weighted by molar-refractivity contribution is 0.0437. The van der Waals surface area contributed by atoms with E-state index in [0.29, 0.717) is 90.4 Å². The molecule has 4 fully saturated rings. The number of amides is 8. The fourth-order valence-corrected chi connectivity index (χ4v) is 6.91. The van der Waals surface area contributed by atoms with E-state index in [1.807, 2.05) is 40.4 Å². The molecule has 8 amide bonds. The fourth-order valence-electron chi connectivity index (χ4n) is 6.91. The number of hydrogen-bond donors (Lipinski definition) is 2. The van der Waals surface area contributed by atoms with Crippen molar-refractivity contribution >= 4 is 35.9 Å². The number of hydrogen-bond acceptors (Lipinski definition) is 10. The normalized spacial score (nSPS) is 19.4. The van der Waals surface area contributed by atoms with Crippen LogP contribution in [-0.4, -0.2) is 169 Å². The molecule has 312 valence electrons. The second-order valence-corrected chi connectivity index (χ2v) is 15.9. The maximum Gasteiger partial charge on any atom is 0.324 e. The quantitative estimate of drug-likeness (QED) is 0.422. The van der Waals surface area contributed by atoms with Crippen molar-refractivity contribution in [1.82, 2.24) is 39.7 Å². The minimum atomic E-state index is -0.225. The molecule has 0 saturated carbocycles. The van der Waals surface area contributed by atoms with Crippen LogP contribution in [0.5, 0.6) is 0 Å². The van der Waals surface area contributed by atoms with Crippen molar-refractivity contribution < 1.29 is 37.7 Å². The summed E-state index contributed by atoms with van der Waals surface area (Å²) in [6.45, 7) is 18.7. The Kier molecular flexibility index (Phi) is 15.2. The van der Waals surface area contributed by atoms with Crippen LogP contribution in [0.15, 0.2) is 21.2 Å². The molecule has 56 heavy (non-hydrogen) atoms. The van der Waals surface area contributed by atoms with Crippen LogP contribution in [0.4, 0.5) is 30.9 Å². The predicted octanol–water partition coefficient (Wildman–Crippen LogP) is 4.92. The molecule has 0 bridgehead atoms. The Bertz CT molecular complexity index is 1580. The second kappa shape index (κ2) is 20.0. The third-order valence-electron chi connectivity index (χ3n) is 10.8. The first-order valence-corrected chi connectivity index (χ1v) is 20.1. The van der Waals surface area contributed by atoms with Gasteiger partial charge in [0.15, 0.2) is 0 Å². The van der Waals surface area contributed by atoms with Crippen LogP contribution in [0.1, 0.15) is 84.0 Å². The molecule has 2 N–H and O–H groups in total. The number of methoxy groups -OCH3 is 1. The lowest BCUT2D eigenvalue weighted by Gasteiger charge is -2.35. The number of rotatable bonds is 5. The van der Waals surface area contributed by atoms with Gasteiger partial charge in [0, 0.05) is 109 Å². The maximum absolute atomic E-state index is 12.8. The van der Waals surface area contributed by atoms with Crippen LogP contribution in [0.3, 0.4) is 0 Å². The fraction of sp³-hybridized carbons (Fsp3) is 0.737. The summed E-state index contributed by atoms with van der Waals surface area (Å²) in [5, 5.41) is 13.6. The number of morpholine rings is 1. The Hall–Kier alpha value is -4.58. The number of carbonyl (C=O) groups is 4. The van der Waals surface area contributed by atoms with Gasteiger partial charge in [-0.15, -0.1) is 0 Å².